The number of rotatable bonds is 5. The number of aromatic amines is 1. The zero-order chi connectivity index (χ0) is 15.0. The molecule has 0 amide bonds. The van der Waals surface area contributed by atoms with Crippen LogP contribution in [0.5, 0.6) is 0 Å². The first kappa shape index (κ1) is 14.4. The van der Waals surface area contributed by atoms with Crippen molar-refractivity contribution in [2.24, 2.45) is 0 Å². The lowest BCUT2D eigenvalue weighted by Crippen LogP contribution is -2.45. The van der Waals surface area contributed by atoms with Crippen molar-refractivity contribution in [2.75, 3.05) is 18.9 Å². The molecule has 6 nitrogen and oxygen atoms in total. The van der Waals surface area contributed by atoms with E-state index in [0.717, 1.165) is 19.3 Å². The smallest absolute Gasteiger partial charge is 0.245 e. The Bertz CT molecular complexity index is 750. The molecule has 1 heterocycles. The van der Waals surface area contributed by atoms with Gasteiger partial charge in [-0.25, -0.2) is 8.42 Å². The molecule has 0 radical (unpaired) electrons. The van der Waals surface area contributed by atoms with Gasteiger partial charge in [0, 0.05) is 35.4 Å². The number of hydrogen-bond acceptors (Lipinski definition) is 4. The van der Waals surface area contributed by atoms with E-state index in [-0.39, 0.29) is 24.1 Å². The molecular formula is C14H19N3O3S. The van der Waals surface area contributed by atoms with Crippen molar-refractivity contribution >= 4 is 26.6 Å². The van der Waals surface area contributed by atoms with Gasteiger partial charge in [-0.2, -0.15) is 4.31 Å². The van der Waals surface area contributed by atoms with Crippen LogP contribution in [0.2, 0.25) is 0 Å². The van der Waals surface area contributed by atoms with Gasteiger partial charge in [0.25, 0.3) is 0 Å². The molecule has 0 spiro atoms. The predicted molar refractivity (Wildman–Crippen MR) is 81.3 cm³/mol. The summed E-state index contributed by atoms with van der Waals surface area (Å²) in [5, 5.41) is 9.82. The lowest BCUT2D eigenvalue weighted by Gasteiger charge is -2.36. The number of aliphatic hydroxyl groups is 1. The molecule has 1 fully saturated rings. The minimum atomic E-state index is -3.62. The Labute approximate surface area is 123 Å². The Hall–Kier alpha value is -1.57. The third kappa shape index (κ3) is 2.41. The number of hydrogen-bond donors (Lipinski definition) is 3. The molecule has 1 aliphatic carbocycles. The van der Waals surface area contributed by atoms with Gasteiger partial charge in [-0.1, -0.05) is 6.42 Å². The molecule has 1 saturated carbocycles. The van der Waals surface area contributed by atoms with Crippen LogP contribution < -0.4 is 5.73 Å². The SMILES string of the molecule is Nc1ccc2c(S(=O)(=O)N(CCO)C3CCC3)c[nH]c2c1. The molecule has 114 valence electrons. The van der Waals surface area contributed by atoms with Gasteiger partial charge < -0.3 is 15.8 Å². The van der Waals surface area contributed by atoms with E-state index in [4.69, 9.17) is 5.73 Å². The molecule has 0 unspecified atom stereocenters. The van der Waals surface area contributed by atoms with Gasteiger partial charge in [0.05, 0.1) is 6.61 Å². The molecule has 1 aromatic carbocycles. The Kier molecular flexibility index (Phi) is 3.64. The fraction of sp³-hybridized carbons (Fsp3) is 0.429. The maximum absolute atomic E-state index is 12.9. The van der Waals surface area contributed by atoms with Crippen LogP contribution in [-0.4, -0.2) is 42.0 Å². The number of aromatic nitrogens is 1. The standard InChI is InChI=1S/C14H19N3O3S/c15-10-4-5-12-13(8-10)16-9-14(12)21(19,20)17(6-7-18)11-2-1-3-11/h4-5,8-9,11,16,18H,1-3,6-7,15H2. The van der Waals surface area contributed by atoms with Gasteiger partial charge >= 0.3 is 0 Å². The highest BCUT2D eigenvalue weighted by atomic mass is 32.2. The van der Waals surface area contributed by atoms with Crippen LogP contribution in [0.15, 0.2) is 29.3 Å². The van der Waals surface area contributed by atoms with Gasteiger partial charge in [-0.15, -0.1) is 0 Å². The van der Waals surface area contributed by atoms with E-state index in [1.807, 2.05) is 0 Å². The summed E-state index contributed by atoms with van der Waals surface area (Å²) in [7, 11) is -3.62. The van der Waals surface area contributed by atoms with Crippen LogP contribution in [-0.2, 0) is 10.0 Å². The Balaban J connectivity index is 2.06. The third-order valence-corrected chi connectivity index (χ3v) is 6.05. The summed E-state index contributed by atoms with van der Waals surface area (Å²) in [5.41, 5.74) is 7.00. The lowest BCUT2D eigenvalue weighted by molar-refractivity contribution is 0.178. The zero-order valence-electron chi connectivity index (χ0n) is 11.6. The highest BCUT2D eigenvalue weighted by molar-refractivity contribution is 7.89. The number of sulfonamides is 1. The first-order valence-electron chi connectivity index (χ1n) is 7.03. The monoisotopic (exact) mass is 309 g/mol. The van der Waals surface area contributed by atoms with Gasteiger partial charge in [-0.3, -0.25) is 0 Å². The number of anilines is 1. The highest BCUT2D eigenvalue weighted by Crippen LogP contribution is 2.32. The van der Waals surface area contributed by atoms with Gasteiger partial charge in [0.1, 0.15) is 4.90 Å². The Morgan fingerprint density at radius 2 is 2.14 bits per heavy atom. The van der Waals surface area contributed by atoms with Gasteiger partial charge in [0.2, 0.25) is 10.0 Å². The summed E-state index contributed by atoms with van der Waals surface area (Å²) >= 11 is 0. The summed E-state index contributed by atoms with van der Waals surface area (Å²) in [6, 6.07) is 5.12. The van der Waals surface area contributed by atoms with Crippen molar-refractivity contribution in [3.63, 3.8) is 0 Å². The molecule has 2 aromatic rings. The van der Waals surface area contributed by atoms with Crippen molar-refractivity contribution in [1.82, 2.24) is 9.29 Å². The first-order chi connectivity index (χ1) is 10.0. The second-order valence-electron chi connectivity index (χ2n) is 5.38. The minimum absolute atomic E-state index is 0.000816. The summed E-state index contributed by atoms with van der Waals surface area (Å²) in [6.45, 7) is -0.0420. The molecule has 7 heteroatoms. The van der Waals surface area contributed by atoms with Crippen LogP contribution >= 0.6 is 0 Å². The molecule has 0 saturated heterocycles. The molecule has 0 aliphatic heterocycles. The number of fused-ring (bicyclic) bond motifs is 1. The van der Waals surface area contributed by atoms with E-state index in [1.54, 1.807) is 18.2 Å². The molecule has 1 aromatic heterocycles. The van der Waals surface area contributed by atoms with Crippen LogP contribution in [0.4, 0.5) is 5.69 Å². The fourth-order valence-electron chi connectivity index (χ4n) is 2.73. The van der Waals surface area contributed by atoms with E-state index in [2.05, 4.69) is 4.98 Å². The van der Waals surface area contributed by atoms with Crippen molar-refractivity contribution in [3.8, 4) is 0 Å². The Morgan fingerprint density at radius 1 is 1.38 bits per heavy atom. The average Bonchev–Trinajstić information content (AvgIpc) is 2.79. The lowest BCUT2D eigenvalue weighted by atomic mass is 9.93. The van der Waals surface area contributed by atoms with Crippen molar-refractivity contribution < 1.29 is 13.5 Å². The minimum Gasteiger partial charge on any atom is -0.399 e. The average molecular weight is 309 g/mol. The first-order valence-corrected chi connectivity index (χ1v) is 8.47. The normalized spacial score (nSPS) is 16.5. The quantitative estimate of drug-likeness (QED) is 0.725. The van der Waals surface area contributed by atoms with Crippen LogP contribution in [0.25, 0.3) is 10.9 Å². The molecule has 0 atom stereocenters. The third-order valence-electron chi connectivity index (χ3n) is 4.06. The topological polar surface area (TPSA) is 99.4 Å². The molecule has 21 heavy (non-hydrogen) atoms. The highest BCUT2D eigenvalue weighted by Gasteiger charge is 2.35. The Morgan fingerprint density at radius 3 is 2.76 bits per heavy atom. The maximum atomic E-state index is 12.9. The number of nitrogens with two attached hydrogens (primary N) is 1. The number of H-pyrrole nitrogens is 1. The summed E-state index contributed by atoms with van der Waals surface area (Å²) in [5.74, 6) is 0. The molecule has 1 aliphatic rings. The number of benzene rings is 1. The summed E-state index contributed by atoms with van der Waals surface area (Å²) < 4.78 is 27.2. The number of nitrogen functional groups attached to an aromatic ring is 1. The molecule has 4 N–H and O–H groups in total. The maximum Gasteiger partial charge on any atom is 0.245 e. The van der Waals surface area contributed by atoms with E-state index in [9.17, 15) is 13.5 Å². The van der Waals surface area contributed by atoms with Crippen LogP contribution in [0.3, 0.4) is 0 Å². The van der Waals surface area contributed by atoms with E-state index < -0.39 is 10.0 Å². The summed E-state index contributed by atoms with van der Waals surface area (Å²) in [4.78, 5) is 3.21. The van der Waals surface area contributed by atoms with Gasteiger partial charge in [0.15, 0.2) is 0 Å². The molecular weight excluding hydrogens is 290 g/mol. The molecule has 3 rings (SSSR count). The van der Waals surface area contributed by atoms with Crippen molar-refractivity contribution in [1.29, 1.82) is 0 Å². The fourth-order valence-corrected chi connectivity index (χ4v) is 4.57. The molecule has 0 bridgehead atoms. The van der Waals surface area contributed by atoms with Crippen LogP contribution in [0, 0.1) is 0 Å². The zero-order valence-corrected chi connectivity index (χ0v) is 12.4. The van der Waals surface area contributed by atoms with Crippen LogP contribution in [0.1, 0.15) is 19.3 Å². The number of aliphatic hydroxyl groups excluding tert-OH is 1. The van der Waals surface area contributed by atoms with Crippen molar-refractivity contribution in [3.05, 3.63) is 24.4 Å². The van der Waals surface area contributed by atoms with E-state index >= 15 is 0 Å². The number of nitrogens with zero attached hydrogens (tertiary/aromatic N) is 1. The predicted octanol–water partition coefficient (Wildman–Crippen LogP) is 1.29. The second-order valence-corrected chi connectivity index (χ2v) is 7.24. The van der Waals surface area contributed by atoms with E-state index in [0.29, 0.717) is 16.6 Å². The van der Waals surface area contributed by atoms with E-state index in [1.165, 1.54) is 10.5 Å². The van der Waals surface area contributed by atoms with Gasteiger partial charge in [-0.05, 0) is 31.0 Å². The van der Waals surface area contributed by atoms with Crippen molar-refractivity contribution in [2.45, 2.75) is 30.2 Å². The second kappa shape index (κ2) is 5.32. The summed E-state index contributed by atoms with van der Waals surface area (Å²) in [6.07, 6.45) is 4.25. The number of nitrogens with one attached hydrogen (secondary N) is 1. The largest absolute Gasteiger partial charge is 0.399 e.